The van der Waals surface area contributed by atoms with Crippen LogP contribution in [0.2, 0.25) is 0 Å². The van der Waals surface area contributed by atoms with Gasteiger partial charge in [-0.2, -0.15) is 0 Å². The molecule has 0 saturated carbocycles. The molecule has 0 saturated heterocycles. The summed E-state index contributed by atoms with van der Waals surface area (Å²) in [5.41, 5.74) is 2.78. The summed E-state index contributed by atoms with van der Waals surface area (Å²) >= 11 is 0. The summed E-state index contributed by atoms with van der Waals surface area (Å²) in [4.78, 5) is 20.7. The first-order valence-corrected chi connectivity index (χ1v) is 6.75. The van der Waals surface area contributed by atoms with Crippen molar-refractivity contribution in [1.29, 1.82) is 0 Å². The highest BCUT2D eigenvalue weighted by Crippen LogP contribution is 2.29. The van der Waals surface area contributed by atoms with E-state index in [0.29, 0.717) is 6.54 Å². The van der Waals surface area contributed by atoms with Gasteiger partial charge in [0.2, 0.25) is 5.56 Å². The summed E-state index contributed by atoms with van der Waals surface area (Å²) in [5, 5.41) is 0.957. The molecule has 2 aromatic rings. The standard InChI is InChI=1S/C16H13N3O2/c20-16-2-1-11-8-15-12(7-14(11)18-16)10-19-5-4-17-9-13(19)3-6-21-15/h1-4,6-9H,5,10H2,(H,18,20). The minimum atomic E-state index is -0.0974. The lowest BCUT2D eigenvalue weighted by atomic mass is 10.1. The molecule has 0 spiro atoms. The molecule has 21 heavy (non-hydrogen) atoms. The molecule has 0 fully saturated rings. The van der Waals surface area contributed by atoms with Crippen LogP contribution in [0.4, 0.5) is 0 Å². The molecule has 3 heterocycles. The number of H-pyrrole nitrogens is 1. The molecule has 1 aromatic carbocycles. The number of ether oxygens (including phenoxy) is 1. The lowest BCUT2D eigenvalue weighted by molar-refractivity contribution is 0.368. The Balaban J connectivity index is 1.86. The van der Waals surface area contributed by atoms with Gasteiger partial charge in [0.1, 0.15) is 5.75 Å². The van der Waals surface area contributed by atoms with Crippen LogP contribution in [0.3, 0.4) is 0 Å². The van der Waals surface area contributed by atoms with Crippen LogP contribution >= 0.6 is 0 Å². The maximum Gasteiger partial charge on any atom is 0.248 e. The lowest BCUT2D eigenvalue weighted by Gasteiger charge is -2.28. The van der Waals surface area contributed by atoms with Crippen molar-refractivity contribution >= 4 is 17.1 Å². The first kappa shape index (κ1) is 12.0. The van der Waals surface area contributed by atoms with Crippen molar-refractivity contribution < 1.29 is 4.74 Å². The molecule has 0 aliphatic carbocycles. The molecule has 0 bridgehead atoms. The van der Waals surface area contributed by atoms with Crippen LogP contribution in [0.1, 0.15) is 5.56 Å². The van der Waals surface area contributed by atoms with Gasteiger partial charge in [-0.15, -0.1) is 0 Å². The number of rotatable bonds is 0. The summed E-state index contributed by atoms with van der Waals surface area (Å²) < 4.78 is 5.72. The third-order valence-corrected chi connectivity index (χ3v) is 3.68. The quantitative estimate of drug-likeness (QED) is 0.804. The number of fused-ring (bicyclic) bond motifs is 3. The summed E-state index contributed by atoms with van der Waals surface area (Å²) in [6.07, 6.45) is 7.28. The Morgan fingerprint density at radius 3 is 3.19 bits per heavy atom. The number of hydrogen-bond acceptors (Lipinski definition) is 4. The van der Waals surface area contributed by atoms with Crippen molar-refractivity contribution in [2.45, 2.75) is 6.54 Å². The van der Waals surface area contributed by atoms with E-state index in [4.69, 9.17) is 4.74 Å². The molecular weight excluding hydrogens is 266 g/mol. The highest BCUT2D eigenvalue weighted by Gasteiger charge is 2.16. The zero-order valence-electron chi connectivity index (χ0n) is 11.2. The van der Waals surface area contributed by atoms with Gasteiger partial charge in [0, 0.05) is 41.5 Å². The normalized spacial score (nSPS) is 16.6. The zero-order chi connectivity index (χ0) is 14.2. The van der Waals surface area contributed by atoms with Crippen molar-refractivity contribution in [3.05, 3.63) is 64.4 Å². The molecule has 2 aliphatic heterocycles. The smallest absolute Gasteiger partial charge is 0.248 e. The zero-order valence-corrected chi connectivity index (χ0v) is 11.2. The second-order valence-corrected chi connectivity index (χ2v) is 5.06. The number of nitrogens with zero attached hydrogens (tertiary/aromatic N) is 2. The maximum absolute atomic E-state index is 11.5. The molecule has 0 unspecified atom stereocenters. The lowest BCUT2D eigenvalue weighted by Crippen LogP contribution is -2.27. The summed E-state index contributed by atoms with van der Waals surface area (Å²) in [6.45, 7) is 1.48. The van der Waals surface area contributed by atoms with Crippen LogP contribution < -0.4 is 10.3 Å². The van der Waals surface area contributed by atoms with Crippen LogP contribution in [0.25, 0.3) is 10.9 Å². The highest BCUT2D eigenvalue weighted by molar-refractivity contribution is 5.81. The average molecular weight is 279 g/mol. The van der Waals surface area contributed by atoms with E-state index in [1.54, 1.807) is 12.3 Å². The van der Waals surface area contributed by atoms with Crippen LogP contribution in [0.5, 0.6) is 5.75 Å². The van der Waals surface area contributed by atoms with E-state index in [1.165, 1.54) is 6.07 Å². The van der Waals surface area contributed by atoms with E-state index in [0.717, 1.165) is 34.5 Å². The third kappa shape index (κ3) is 2.12. The van der Waals surface area contributed by atoms with E-state index in [9.17, 15) is 4.79 Å². The molecule has 0 amide bonds. The van der Waals surface area contributed by atoms with E-state index in [1.807, 2.05) is 30.6 Å². The van der Waals surface area contributed by atoms with E-state index < -0.39 is 0 Å². The molecule has 104 valence electrons. The summed E-state index contributed by atoms with van der Waals surface area (Å²) in [6, 6.07) is 7.26. The topological polar surface area (TPSA) is 57.7 Å². The Labute approximate surface area is 120 Å². The Kier molecular flexibility index (Phi) is 2.64. The van der Waals surface area contributed by atoms with E-state index in [2.05, 4.69) is 14.9 Å². The third-order valence-electron chi connectivity index (χ3n) is 3.68. The number of nitrogens with one attached hydrogen (secondary N) is 1. The number of aromatic amines is 1. The summed E-state index contributed by atoms with van der Waals surface area (Å²) in [5.74, 6) is 0.812. The Morgan fingerprint density at radius 2 is 2.24 bits per heavy atom. The van der Waals surface area contributed by atoms with Crippen LogP contribution in [-0.2, 0) is 6.54 Å². The number of benzene rings is 1. The number of aliphatic imine (C=N–C) groups is 1. The van der Waals surface area contributed by atoms with Crippen molar-refractivity contribution in [3.63, 3.8) is 0 Å². The molecule has 5 nitrogen and oxygen atoms in total. The maximum atomic E-state index is 11.5. The predicted octanol–water partition coefficient (Wildman–Crippen LogP) is 2.16. The van der Waals surface area contributed by atoms with Gasteiger partial charge in [-0.05, 0) is 24.3 Å². The van der Waals surface area contributed by atoms with Crippen molar-refractivity contribution in [3.8, 4) is 5.75 Å². The molecule has 1 aromatic heterocycles. The van der Waals surface area contributed by atoms with Gasteiger partial charge in [0.15, 0.2) is 0 Å². The van der Waals surface area contributed by atoms with Crippen LogP contribution in [-0.4, -0.2) is 22.6 Å². The number of aromatic nitrogens is 1. The monoisotopic (exact) mass is 279 g/mol. The minimum Gasteiger partial charge on any atom is -0.465 e. The van der Waals surface area contributed by atoms with Crippen molar-refractivity contribution in [1.82, 2.24) is 9.88 Å². The van der Waals surface area contributed by atoms with Crippen LogP contribution in [0, 0.1) is 0 Å². The molecular formula is C16H13N3O2. The van der Waals surface area contributed by atoms with Gasteiger partial charge in [-0.1, -0.05) is 0 Å². The van der Waals surface area contributed by atoms with Crippen molar-refractivity contribution in [2.75, 3.05) is 6.54 Å². The SMILES string of the molecule is O=c1ccc2cc3c(cc2[nH]1)CN1CC=NC=C1C=CO3. The van der Waals surface area contributed by atoms with Crippen molar-refractivity contribution in [2.24, 2.45) is 4.99 Å². The fourth-order valence-corrected chi connectivity index (χ4v) is 2.61. The number of pyridine rings is 1. The van der Waals surface area contributed by atoms with E-state index >= 15 is 0 Å². The Morgan fingerprint density at radius 1 is 1.29 bits per heavy atom. The Hall–Kier alpha value is -2.82. The van der Waals surface area contributed by atoms with Gasteiger partial charge in [-0.25, -0.2) is 0 Å². The highest BCUT2D eigenvalue weighted by atomic mass is 16.5. The number of hydrogen-bond donors (Lipinski definition) is 1. The van der Waals surface area contributed by atoms with Gasteiger partial charge >= 0.3 is 0 Å². The van der Waals surface area contributed by atoms with Gasteiger partial charge in [0.05, 0.1) is 18.5 Å². The minimum absolute atomic E-state index is 0.0974. The molecule has 0 radical (unpaired) electrons. The second kappa shape index (κ2) is 4.63. The Bertz CT molecular complexity index is 861. The second-order valence-electron chi connectivity index (χ2n) is 5.06. The molecule has 1 N–H and O–H groups in total. The van der Waals surface area contributed by atoms with Gasteiger partial charge in [-0.3, -0.25) is 9.79 Å². The number of allylic oxidation sites excluding steroid dienone is 1. The largest absolute Gasteiger partial charge is 0.465 e. The van der Waals surface area contributed by atoms with Crippen LogP contribution in [0.15, 0.2) is 58.3 Å². The molecule has 4 rings (SSSR count). The van der Waals surface area contributed by atoms with Gasteiger partial charge in [0.25, 0.3) is 0 Å². The first-order valence-electron chi connectivity index (χ1n) is 6.75. The average Bonchev–Trinajstić information content (AvgIpc) is 2.47. The predicted molar refractivity (Wildman–Crippen MR) is 81.3 cm³/mol. The van der Waals surface area contributed by atoms with Gasteiger partial charge < -0.3 is 14.6 Å². The van der Waals surface area contributed by atoms with E-state index in [-0.39, 0.29) is 5.56 Å². The fraction of sp³-hybridized carbons (Fsp3) is 0.125. The summed E-state index contributed by atoms with van der Waals surface area (Å²) in [7, 11) is 0. The molecule has 5 heteroatoms. The fourth-order valence-electron chi connectivity index (χ4n) is 2.61. The first-order chi connectivity index (χ1) is 10.3. The molecule has 0 atom stereocenters. The molecule has 2 aliphatic rings.